The van der Waals surface area contributed by atoms with Crippen molar-refractivity contribution in [2.24, 2.45) is 17.8 Å². The van der Waals surface area contributed by atoms with Crippen LogP contribution in [0, 0.1) is 17.8 Å². The molecule has 0 aliphatic carbocycles. The number of rotatable bonds is 15. The molecular weight excluding hydrogens is 278 g/mol. The highest BCUT2D eigenvalue weighted by Crippen LogP contribution is 2.22. The molecule has 0 saturated heterocycles. The fraction of sp³-hybridized carbons (Fsp3) is 1.00. The van der Waals surface area contributed by atoms with Crippen LogP contribution >= 0.6 is 0 Å². The van der Waals surface area contributed by atoms with Crippen LogP contribution in [-0.2, 0) is 0 Å². The molecule has 0 fully saturated rings. The van der Waals surface area contributed by atoms with Crippen molar-refractivity contribution in [1.82, 2.24) is 4.90 Å². The third-order valence-corrected chi connectivity index (χ3v) is 5.51. The number of hydrogen-bond acceptors (Lipinski definition) is 1. The Labute approximate surface area is 148 Å². The van der Waals surface area contributed by atoms with E-state index < -0.39 is 0 Å². The van der Waals surface area contributed by atoms with Gasteiger partial charge in [-0.05, 0) is 43.9 Å². The summed E-state index contributed by atoms with van der Waals surface area (Å²) in [4.78, 5) is 2.85. The van der Waals surface area contributed by atoms with Gasteiger partial charge >= 0.3 is 0 Å². The number of unbranched alkanes of at least 4 members (excludes halogenated alkanes) is 2. The van der Waals surface area contributed by atoms with Crippen molar-refractivity contribution >= 4 is 0 Å². The van der Waals surface area contributed by atoms with Crippen LogP contribution in [0.5, 0.6) is 0 Å². The smallest absolute Gasteiger partial charge is 0.00695 e. The summed E-state index contributed by atoms with van der Waals surface area (Å²) in [6.45, 7) is 19.3. The van der Waals surface area contributed by atoms with Crippen LogP contribution in [0.15, 0.2) is 0 Å². The molecule has 0 heterocycles. The van der Waals surface area contributed by atoms with Gasteiger partial charge < -0.3 is 4.90 Å². The van der Waals surface area contributed by atoms with Gasteiger partial charge in [-0.3, -0.25) is 0 Å². The van der Waals surface area contributed by atoms with Gasteiger partial charge in [0.25, 0.3) is 0 Å². The summed E-state index contributed by atoms with van der Waals surface area (Å²) in [5.41, 5.74) is 0. The third kappa shape index (κ3) is 11.2. The molecule has 0 aromatic heterocycles. The van der Waals surface area contributed by atoms with E-state index in [1.54, 1.807) is 0 Å². The van der Waals surface area contributed by atoms with Gasteiger partial charge in [0.05, 0.1) is 0 Å². The van der Waals surface area contributed by atoms with Gasteiger partial charge in [0, 0.05) is 19.1 Å². The maximum Gasteiger partial charge on any atom is 0.00695 e. The molecule has 0 N–H and O–H groups in total. The Hall–Kier alpha value is -0.0400. The van der Waals surface area contributed by atoms with Crippen LogP contribution < -0.4 is 0 Å². The van der Waals surface area contributed by atoms with Gasteiger partial charge in [0.1, 0.15) is 0 Å². The minimum absolute atomic E-state index is 0.737. The first-order chi connectivity index (χ1) is 11.0. The SMILES string of the molecule is CCCCC(CC)CN(CC(CC)CCCC)C(C)CC(C)C. The van der Waals surface area contributed by atoms with E-state index in [4.69, 9.17) is 0 Å². The Morgan fingerprint density at radius 1 is 0.696 bits per heavy atom. The third-order valence-electron chi connectivity index (χ3n) is 5.51. The van der Waals surface area contributed by atoms with E-state index in [0.29, 0.717) is 0 Å². The first-order valence-corrected chi connectivity index (χ1v) is 10.7. The Morgan fingerprint density at radius 2 is 1.13 bits per heavy atom. The van der Waals surface area contributed by atoms with Crippen LogP contribution in [0.2, 0.25) is 0 Å². The zero-order valence-corrected chi connectivity index (χ0v) is 17.5. The molecule has 0 aliphatic heterocycles. The summed E-state index contributed by atoms with van der Waals surface area (Å²) < 4.78 is 0. The van der Waals surface area contributed by atoms with Crippen LogP contribution in [-0.4, -0.2) is 24.0 Å². The predicted molar refractivity (Wildman–Crippen MR) is 107 cm³/mol. The van der Waals surface area contributed by atoms with Crippen LogP contribution in [0.1, 0.15) is 106 Å². The first-order valence-electron chi connectivity index (χ1n) is 10.7. The lowest BCUT2D eigenvalue weighted by Crippen LogP contribution is -2.41. The molecule has 3 unspecified atom stereocenters. The molecule has 23 heavy (non-hydrogen) atoms. The average molecular weight is 326 g/mol. The van der Waals surface area contributed by atoms with Gasteiger partial charge in [-0.15, -0.1) is 0 Å². The molecule has 0 saturated carbocycles. The Kier molecular flexibility index (Phi) is 14.3. The van der Waals surface area contributed by atoms with Crippen LogP contribution in [0.25, 0.3) is 0 Å². The second kappa shape index (κ2) is 14.3. The second-order valence-corrected chi connectivity index (χ2v) is 8.27. The summed E-state index contributed by atoms with van der Waals surface area (Å²) in [5, 5.41) is 0. The lowest BCUT2D eigenvalue weighted by Gasteiger charge is -2.36. The summed E-state index contributed by atoms with van der Waals surface area (Å²) >= 11 is 0. The molecule has 0 spiro atoms. The van der Waals surface area contributed by atoms with Gasteiger partial charge in [-0.2, -0.15) is 0 Å². The molecule has 0 radical (unpaired) electrons. The molecule has 0 bridgehead atoms. The van der Waals surface area contributed by atoms with Gasteiger partial charge in [0.2, 0.25) is 0 Å². The van der Waals surface area contributed by atoms with E-state index in [9.17, 15) is 0 Å². The van der Waals surface area contributed by atoms with Crippen molar-refractivity contribution < 1.29 is 0 Å². The lowest BCUT2D eigenvalue weighted by molar-refractivity contribution is 0.125. The molecule has 0 rings (SSSR count). The molecule has 140 valence electrons. The maximum atomic E-state index is 2.85. The Bertz CT molecular complexity index is 230. The van der Waals surface area contributed by atoms with Crippen molar-refractivity contribution in [2.45, 2.75) is 112 Å². The topological polar surface area (TPSA) is 3.24 Å². The maximum absolute atomic E-state index is 2.85. The number of nitrogens with zero attached hydrogens (tertiary/aromatic N) is 1. The molecule has 3 atom stereocenters. The molecule has 0 aromatic carbocycles. The standard InChI is InChI=1S/C22H47N/c1-8-12-14-21(10-3)17-23(20(7)16-19(5)6)18-22(11-4)15-13-9-2/h19-22H,8-18H2,1-7H3. The second-order valence-electron chi connectivity index (χ2n) is 8.27. The lowest BCUT2D eigenvalue weighted by atomic mass is 9.93. The summed E-state index contributed by atoms with van der Waals surface area (Å²) in [7, 11) is 0. The van der Waals surface area contributed by atoms with E-state index in [-0.39, 0.29) is 0 Å². The molecule has 1 nitrogen and oxygen atoms in total. The van der Waals surface area contributed by atoms with Gasteiger partial charge in [-0.25, -0.2) is 0 Å². The quantitative estimate of drug-likeness (QED) is 0.309. The van der Waals surface area contributed by atoms with Crippen molar-refractivity contribution in [1.29, 1.82) is 0 Å². The molecule has 0 aliphatic rings. The van der Waals surface area contributed by atoms with Crippen LogP contribution in [0.4, 0.5) is 0 Å². The minimum atomic E-state index is 0.737. The summed E-state index contributed by atoms with van der Waals surface area (Å²) in [5.74, 6) is 2.60. The average Bonchev–Trinajstić information content (AvgIpc) is 2.52. The molecular formula is C22H47N. The molecule has 0 aromatic rings. The fourth-order valence-electron chi connectivity index (χ4n) is 3.76. The highest BCUT2D eigenvalue weighted by molar-refractivity contribution is 4.75. The normalized spacial score (nSPS) is 16.0. The summed E-state index contributed by atoms with van der Waals surface area (Å²) in [6, 6.07) is 0.737. The van der Waals surface area contributed by atoms with Crippen molar-refractivity contribution in [3.05, 3.63) is 0 Å². The summed E-state index contributed by atoms with van der Waals surface area (Å²) in [6.07, 6.45) is 12.4. The fourth-order valence-corrected chi connectivity index (χ4v) is 3.76. The van der Waals surface area contributed by atoms with Gasteiger partial charge in [0.15, 0.2) is 0 Å². The highest BCUT2D eigenvalue weighted by Gasteiger charge is 2.21. The number of hydrogen-bond donors (Lipinski definition) is 0. The Balaban J connectivity index is 4.76. The van der Waals surface area contributed by atoms with Gasteiger partial charge in [-0.1, -0.05) is 80.1 Å². The zero-order valence-electron chi connectivity index (χ0n) is 17.5. The zero-order chi connectivity index (χ0) is 17.7. The van der Waals surface area contributed by atoms with E-state index in [0.717, 1.165) is 23.8 Å². The van der Waals surface area contributed by atoms with E-state index in [1.807, 2.05) is 0 Å². The van der Waals surface area contributed by atoms with E-state index >= 15 is 0 Å². The highest BCUT2D eigenvalue weighted by atomic mass is 15.2. The molecule has 1 heteroatoms. The van der Waals surface area contributed by atoms with E-state index in [1.165, 1.54) is 70.9 Å². The Morgan fingerprint density at radius 3 is 1.43 bits per heavy atom. The monoisotopic (exact) mass is 325 g/mol. The minimum Gasteiger partial charge on any atom is -0.300 e. The van der Waals surface area contributed by atoms with Crippen molar-refractivity contribution in [3.8, 4) is 0 Å². The largest absolute Gasteiger partial charge is 0.300 e. The first kappa shape index (κ1) is 23.0. The van der Waals surface area contributed by atoms with Crippen molar-refractivity contribution in [3.63, 3.8) is 0 Å². The predicted octanol–water partition coefficient (Wildman–Crippen LogP) is 7.16. The molecule has 0 amide bonds. The van der Waals surface area contributed by atoms with Crippen LogP contribution in [0.3, 0.4) is 0 Å². The van der Waals surface area contributed by atoms with Crippen molar-refractivity contribution in [2.75, 3.05) is 13.1 Å². The van der Waals surface area contributed by atoms with E-state index in [2.05, 4.69) is 53.4 Å².